The summed E-state index contributed by atoms with van der Waals surface area (Å²) in [6.45, 7) is 0. The van der Waals surface area contributed by atoms with Crippen LogP contribution in [0.1, 0.15) is 0 Å². The minimum absolute atomic E-state index is 0.333. The Kier molecular flexibility index (Phi) is 4.35. The molecule has 0 atom stereocenters. The first-order chi connectivity index (χ1) is 9.22. The van der Waals surface area contributed by atoms with Crippen LogP contribution in [0.25, 0.3) is 0 Å². The van der Waals surface area contributed by atoms with Crippen molar-refractivity contribution >= 4 is 17.3 Å². The molecule has 0 fully saturated rings. The molecule has 0 amide bonds. The predicted molar refractivity (Wildman–Crippen MR) is 56.0 cm³/mol. The standard InChI is InChI=1S/C10H5ClF9N/c11-5-2-1-3-6(4-5)21-7(8(12,13)14,9(15,16)17)10(18,19)20/h1-4,21H. The molecule has 1 nitrogen and oxygen atoms in total. The zero-order valence-electron chi connectivity index (χ0n) is 9.59. The molecule has 1 aromatic rings. The molecule has 21 heavy (non-hydrogen) atoms. The number of alkyl halides is 9. The molecule has 0 spiro atoms. The maximum absolute atomic E-state index is 12.6. The average molecular weight is 346 g/mol. The minimum atomic E-state index is -6.67. The fraction of sp³-hybridized carbons (Fsp3) is 0.400. The molecule has 0 radical (unpaired) electrons. The molecule has 0 saturated heterocycles. The molecule has 1 rings (SSSR count). The molecule has 0 aromatic heterocycles. The number of halogens is 10. The van der Waals surface area contributed by atoms with Gasteiger partial charge in [0.2, 0.25) is 0 Å². The highest BCUT2D eigenvalue weighted by atomic mass is 35.5. The Labute approximate surface area is 116 Å². The van der Waals surface area contributed by atoms with Crippen LogP contribution in [-0.2, 0) is 0 Å². The number of hydrogen-bond donors (Lipinski definition) is 1. The molecular formula is C10H5ClF9N. The lowest BCUT2D eigenvalue weighted by Crippen LogP contribution is -2.70. The Morgan fingerprint density at radius 1 is 0.762 bits per heavy atom. The third-order valence-electron chi connectivity index (χ3n) is 2.43. The molecule has 120 valence electrons. The van der Waals surface area contributed by atoms with E-state index in [9.17, 15) is 39.5 Å². The van der Waals surface area contributed by atoms with E-state index in [1.807, 2.05) is 0 Å². The van der Waals surface area contributed by atoms with Gasteiger partial charge in [0, 0.05) is 10.7 Å². The van der Waals surface area contributed by atoms with E-state index >= 15 is 0 Å². The van der Waals surface area contributed by atoms with Gasteiger partial charge >= 0.3 is 24.1 Å². The summed E-state index contributed by atoms with van der Waals surface area (Å²) in [7, 11) is 0. The predicted octanol–water partition coefficient (Wildman–Crippen LogP) is 5.18. The summed E-state index contributed by atoms with van der Waals surface area (Å²) in [6, 6.07) is 3.09. The van der Waals surface area contributed by atoms with E-state index in [1.54, 1.807) is 0 Å². The normalized spacial score (nSPS) is 14.2. The van der Waals surface area contributed by atoms with Crippen LogP contribution in [0.5, 0.6) is 0 Å². The number of benzene rings is 1. The second kappa shape index (κ2) is 5.15. The topological polar surface area (TPSA) is 12.0 Å². The summed E-state index contributed by atoms with van der Waals surface area (Å²) in [5, 5.41) is 0.161. The number of nitrogens with one attached hydrogen (secondary N) is 1. The van der Waals surface area contributed by atoms with E-state index < -0.39 is 29.8 Å². The van der Waals surface area contributed by atoms with Crippen molar-refractivity contribution < 1.29 is 39.5 Å². The van der Waals surface area contributed by atoms with Crippen molar-refractivity contribution in [2.45, 2.75) is 24.1 Å². The lowest BCUT2D eigenvalue weighted by atomic mass is 9.96. The molecular weight excluding hydrogens is 341 g/mol. The van der Waals surface area contributed by atoms with Crippen LogP contribution in [0.3, 0.4) is 0 Å². The van der Waals surface area contributed by atoms with Gasteiger partial charge in [0.25, 0.3) is 0 Å². The van der Waals surface area contributed by atoms with Gasteiger partial charge in [0.15, 0.2) is 0 Å². The van der Waals surface area contributed by atoms with Crippen molar-refractivity contribution in [1.29, 1.82) is 0 Å². The largest absolute Gasteiger partial charge is 0.429 e. The summed E-state index contributed by atoms with van der Waals surface area (Å²) in [5.41, 5.74) is -7.17. The SMILES string of the molecule is FC(F)(F)C(Nc1cccc(Cl)c1)(C(F)(F)F)C(F)(F)F. The molecule has 11 heteroatoms. The zero-order valence-corrected chi connectivity index (χ0v) is 10.3. The van der Waals surface area contributed by atoms with Crippen LogP contribution < -0.4 is 5.32 Å². The molecule has 0 bridgehead atoms. The van der Waals surface area contributed by atoms with Crippen molar-refractivity contribution in [3.63, 3.8) is 0 Å². The van der Waals surface area contributed by atoms with Crippen molar-refractivity contribution in [3.8, 4) is 0 Å². The minimum Gasteiger partial charge on any atom is -0.357 e. The van der Waals surface area contributed by atoms with E-state index in [2.05, 4.69) is 0 Å². The molecule has 0 aliphatic carbocycles. The van der Waals surface area contributed by atoms with Crippen molar-refractivity contribution in [2.75, 3.05) is 5.32 Å². The first-order valence-corrected chi connectivity index (χ1v) is 5.34. The number of rotatable bonds is 2. The fourth-order valence-electron chi connectivity index (χ4n) is 1.48. The van der Waals surface area contributed by atoms with Crippen molar-refractivity contribution in [2.24, 2.45) is 0 Å². The van der Waals surface area contributed by atoms with E-state index in [4.69, 9.17) is 11.6 Å². The monoisotopic (exact) mass is 345 g/mol. The van der Waals surface area contributed by atoms with Gasteiger partial charge in [-0.2, -0.15) is 39.5 Å². The number of anilines is 1. The maximum Gasteiger partial charge on any atom is 0.429 e. The highest BCUT2D eigenvalue weighted by molar-refractivity contribution is 6.30. The second-order valence-electron chi connectivity index (χ2n) is 3.88. The average Bonchev–Trinajstić information content (AvgIpc) is 2.20. The summed E-state index contributed by atoms with van der Waals surface area (Å²) in [5.74, 6) is 0. The van der Waals surface area contributed by atoms with Gasteiger partial charge in [-0.1, -0.05) is 17.7 Å². The van der Waals surface area contributed by atoms with Crippen LogP contribution in [0.4, 0.5) is 45.2 Å². The summed E-state index contributed by atoms with van der Waals surface area (Å²) < 4.78 is 114. The molecule has 0 heterocycles. The second-order valence-corrected chi connectivity index (χ2v) is 4.32. The van der Waals surface area contributed by atoms with Gasteiger partial charge in [0.1, 0.15) is 0 Å². The van der Waals surface area contributed by atoms with Gasteiger partial charge in [-0.15, -0.1) is 0 Å². The first-order valence-electron chi connectivity index (χ1n) is 4.96. The Bertz CT molecular complexity index is 466. The third kappa shape index (κ3) is 3.14. The van der Waals surface area contributed by atoms with Gasteiger partial charge in [0.05, 0.1) is 0 Å². The van der Waals surface area contributed by atoms with Crippen LogP contribution in [-0.4, -0.2) is 24.1 Å². The molecule has 0 saturated carbocycles. The van der Waals surface area contributed by atoms with Crippen LogP contribution >= 0.6 is 11.6 Å². The Morgan fingerprint density at radius 3 is 1.52 bits per heavy atom. The van der Waals surface area contributed by atoms with E-state index in [0.29, 0.717) is 17.4 Å². The lowest BCUT2D eigenvalue weighted by molar-refractivity contribution is -0.370. The molecule has 0 aliphatic heterocycles. The lowest BCUT2D eigenvalue weighted by Gasteiger charge is -2.39. The Hall–Kier alpha value is -1.32. The van der Waals surface area contributed by atoms with Gasteiger partial charge in [-0.05, 0) is 18.2 Å². The Balaban J connectivity index is 3.52. The number of hydrogen-bond acceptors (Lipinski definition) is 1. The van der Waals surface area contributed by atoms with E-state index in [0.717, 1.165) is 12.1 Å². The highest BCUT2D eigenvalue weighted by Gasteiger charge is 2.84. The third-order valence-corrected chi connectivity index (χ3v) is 2.67. The smallest absolute Gasteiger partial charge is 0.357 e. The van der Waals surface area contributed by atoms with Crippen LogP contribution in [0, 0.1) is 0 Å². The fourth-order valence-corrected chi connectivity index (χ4v) is 1.67. The van der Waals surface area contributed by atoms with Crippen molar-refractivity contribution in [3.05, 3.63) is 29.3 Å². The Morgan fingerprint density at radius 2 is 1.19 bits per heavy atom. The summed E-state index contributed by atoms with van der Waals surface area (Å²) >= 11 is 5.33. The van der Waals surface area contributed by atoms with Crippen molar-refractivity contribution in [1.82, 2.24) is 0 Å². The van der Waals surface area contributed by atoms with Gasteiger partial charge in [-0.3, -0.25) is 0 Å². The maximum atomic E-state index is 12.6. The van der Waals surface area contributed by atoms with Gasteiger partial charge in [-0.25, -0.2) is 0 Å². The van der Waals surface area contributed by atoms with Crippen LogP contribution in [0.2, 0.25) is 5.02 Å². The van der Waals surface area contributed by atoms with E-state index in [1.165, 1.54) is 0 Å². The zero-order chi connectivity index (χ0) is 16.7. The molecule has 0 aliphatic rings. The molecule has 0 unspecified atom stereocenters. The quantitative estimate of drug-likeness (QED) is 0.728. The molecule has 1 aromatic carbocycles. The highest BCUT2D eigenvalue weighted by Crippen LogP contribution is 2.54. The van der Waals surface area contributed by atoms with Gasteiger partial charge < -0.3 is 5.32 Å². The van der Waals surface area contributed by atoms with Crippen LogP contribution in [0.15, 0.2) is 24.3 Å². The molecule has 1 N–H and O–H groups in total. The first kappa shape index (κ1) is 17.7. The summed E-state index contributed by atoms with van der Waals surface area (Å²) in [6.07, 6.45) is -20.0. The van der Waals surface area contributed by atoms with E-state index in [-0.39, 0.29) is 5.02 Å². The summed E-state index contributed by atoms with van der Waals surface area (Å²) in [4.78, 5) is 0.